The number of nitrogens with zero attached hydrogens (tertiary/aromatic N) is 1. The number of fused-ring (bicyclic) bond motifs is 1. The normalized spacial score (nSPS) is 13.3. The molecule has 0 aliphatic carbocycles. The summed E-state index contributed by atoms with van der Waals surface area (Å²) in [5, 5.41) is 3.42. The molecule has 1 aliphatic heterocycles. The number of benzene rings is 2. The van der Waals surface area contributed by atoms with Gasteiger partial charge in [0.2, 0.25) is 5.91 Å². The molecule has 23 heavy (non-hydrogen) atoms. The van der Waals surface area contributed by atoms with Gasteiger partial charge in [-0.05, 0) is 35.9 Å². The second kappa shape index (κ2) is 6.30. The first kappa shape index (κ1) is 15.4. The minimum absolute atomic E-state index is 0.0317. The van der Waals surface area contributed by atoms with E-state index in [4.69, 9.17) is 16.3 Å². The Bertz CT molecular complexity index is 776. The molecule has 0 spiro atoms. The number of hydrogen-bond donors (Lipinski definition) is 1. The van der Waals surface area contributed by atoms with Crippen LogP contribution < -0.4 is 15.0 Å². The van der Waals surface area contributed by atoms with Gasteiger partial charge >= 0.3 is 0 Å². The Hall–Kier alpha value is -2.53. The Balaban J connectivity index is 1.73. The number of rotatable bonds is 3. The molecule has 1 N–H and O–H groups in total. The zero-order chi connectivity index (χ0) is 16.4. The minimum atomic E-state index is -0.155. The highest BCUT2D eigenvalue weighted by Gasteiger charge is 2.22. The van der Waals surface area contributed by atoms with Gasteiger partial charge in [-0.3, -0.25) is 9.59 Å². The van der Waals surface area contributed by atoms with E-state index >= 15 is 0 Å². The second-order valence-electron chi connectivity index (χ2n) is 5.28. The number of carbonyl (C=O) groups is 2. The zero-order valence-corrected chi connectivity index (χ0v) is 13.3. The summed E-state index contributed by atoms with van der Waals surface area (Å²) in [6.45, 7) is 0.0317. The molecule has 0 saturated carbocycles. The molecule has 6 heteroatoms. The highest BCUT2D eigenvalue weighted by molar-refractivity contribution is 6.30. The highest BCUT2D eigenvalue weighted by Crippen LogP contribution is 2.33. The summed E-state index contributed by atoms with van der Waals surface area (Å²) in [6, 6.07) is 12.4. The molecular weight excluding hydrogens is 316 g/mol. The first-order valence-corrected chi connectivity index (χ1v) is 7.48. The van der Waals surface area contributed by atoms with Gasteiger partial charge in [-0.1, -0.05) is 23.7 Å². The SMILES string of the molecule is CN1C(=O)COc2ccc(NC(=O)Cc3cccc(Cl)c3)cc21. The van der Waals surface area contributed by atoms with Crippen molar-refractivity contribution in [3.05, 3.63) is 53.1 Å². The van der Waals surface area contributed by atoms with E-state index in [0.29, 0.717) is 22.1 Å². The fourth-order valence-electron chi connectivity index (χ4n) is 2.39. The van der Waals surface area contributed by atoms with Crippen LogP contribution in [0.25, 0.3) is 0 Å². The lowest BCUT2D eigenvalue weighted by atomic mass is 10.1. The van der Waals surface area contributed by atoms with E-state index in [2.05, 4.69) is 5.32 Å². The first-order valence-electron chi connectivity index (χ1n) is 7.10. The van der Waals surface area contributed by atoms with E-state index in [1.165, 1.54) is 4.90 Å². The van der Waals surface area contributed by atoms with Crippen molar-refractivity contribution >= 4 is 34.8 Å². The third-order valence-corrected chi connectivity index (χ3v) is 3.82. The van der Waals surface area contributed by atoms with Gasteiger partial charge in [-0.2, -0.15) is 0 Å². The van der Waals surface area contributed by atoms with E-state index in [0.717, 1.165) is 5.56 Å². The van der Waals surface area contributed by atoms with E-state index in [9.17, 15) is 9.59 Å². The number of amides is 2. The van der Waals surface area contributed by atoms with E-state index < -0.39 is 0 Å². The molecule has 118 valence electrons. The average molecular weight is 331 g/mol. The lowest BCUT2D eigenvalue weighted by molar-refractivity contribution is -0.121. The minimum Gasteiger partial charge on any atom is -0.482 e. The summed E-state index contributed by atoms with van der Waals surface area (Å²) in [6.07, 6.45) is 0.225. The zero-order valence-electron chi connectivity index (χ0n) is 12.5. The lowest BCUT2D eigenvalue weighted by Gasteiger charge is -2.26. The molecule has 5 nitrogen and oxygen atoms in total. The van der Waals surface area contributed by atoms with Crippen LogP contribution in [0.5, 0.6) is 5.75 Å². The van der Waals surface area contributed by atoms with Crippen molar-refractivity contribution in [3.8, 4) is 5.75 Å². The van der Waals surface area contributed by atoms with E-state index in [1.807, 2.05) is 12.1 Å². The molecule has 2 aromatic rings. The van der Waals surface area contributed by atoms with Crippen LogP contribution in [-0.4, -0.2) is 25.5 Å². The van der Waals surface area contributed by atoms with Crippen molar-refractivity contribution in [2.24, 2.45) is 0 Å². The largest absolute Gasteiger partial charge is 0.482 e. The standard InChI is InChI=1S/C17H15ClN2O3/c1-20-14-9-13(5-6-15(14)23-10-17(20)22)19-16(21)8-11-3-2-4-12(18)7-11/h2-7,9H,8,10H2,1H3,(H,19,21). The fourth-order valence-corrected chi connectivity index (χ4v) is 2.60. The number of anilines is 2. The van der Waals surface area contributed by atoms with Crippen molar-refractivity contribution < 1.29 is 14.3 Å². The van der Waals surface area contributed by atoms with Gasteiger partial charge in [0.1, 0.15) is 5.75 Å². The number of hydrogen-bond acceptors (Lipinski definition) is 3. The van der Waals surface area contributed by atoms with Crippen molar-refractivity contribution in [2.75, 3.05) is 23.9 Å². The van der Waals surface area contributed by atoms with Gasteiger partial charge in [0, 0.05) is 17.8 Å². The van der Waals surface area contributed by atoms with Gasteiger partial charge < -0.3 is 15.0 Å². The van der Waals surface area contributed by atoms with Gasteiger partial charge in [0.25, 0.3) is 5.91 Å². The molecule has 1 aliphatic rings. The van der Waals surface area contributed by atoms with Gasteiger partial charge in [0.15, 0.2) is 6.61 Å². The Morgan fingerprint density at radius 2 is 2.13 bits per heavy atom. The number of likely N-dealkylation sites (N-methyl/N-ethyl adjacent to an activating group) is 1. The molecule has 0 atom stereocenters. The van der Waals surface area contributed by atoms with Crippen LogP contribution in [-0.2, 0) is 16.0 Å². The molecule has 0 unspecified atom stereocenters. The van der Waals surface area contributed by atoms with Gasteiger partial charge in [0.05, 0.1) is 12.1 Å². The first-order chi connectivity index (χ1) is 11.0. The molecule has 0 radical (unpaired) electrons. The maximum atomic E-state index is 12.1. The Morgan fingerprint density at radius 3 is 2.91 bits per heavy atom. The molecule has 2 amide bonds. The number of nitrogens with one attached hydrogen (secondary N) is 1. The van der Waals surface area contributed by atoms with Crippen LogP contribution in [0, 0.1) is 0 Å². The summed E-state index contributed by atoms with van der Waals surface area (Å²) in [4.78, 5) is 25.3. The molecule has 0 bridgehead atoms. The number of carbonyl (C=O) groups excluding carboxylic acids is 2. The van der Waals surface area contributed by atoms with Gasteiger partial charge in [-0.25, -0.2) is 0 Å². The van der Waals surface area contributed by atoms with Crippen molar-refractivity contribution in [2.45, 2.75) is 6.42 Å². The second-order valence-corrected chi connectivity index (χ2v) is 5.72. The summed E-state index contributed by atoms with van der Waals surface area (Å²) in [7, 11) is 1.68. The summed E-state index contributed by atoms with van der Waals surface area (Å²) in [5.41, 5.74) is 2.09. The molecular formula is C17H15ClN2O3. The fraction of sp³-hybridized carbons (Fsp3) is 0.176. The molecule has 2 aromatic carbocycles. The van der Waals surface area contributed by atoms with Crippen LogP contribution in [0.15, 0.2) is 42.5 Å². The molecule has 0 fully saturated rings. The quantitative estimate of drug-likeness (QED) is 0.941. The van der Waals surface area contributed by atoms with Crippen LogP contribution in [0.3, 0.4) is 0 Å². The van der Waals surface area contributed by atoms with E-state index in [-0.39, 0.29) is 24.8 Å². The summed E-state index contributed by atoms with van der Waals surface area (Å²) < 4.78 is 5.36. The van der Waals surface area contributed by atoms with Crippen molar-refractivity contribution in [1.82, 2.24) is 0 Å². The van der Waals surface area contributed by atoms with Crippen LogP contribution in [0.4, 0.5) is 11.4 Å². The third kappa shape index (κ3) is 3.46. The average Bonchev–Trinajstić information content (AvgIpc) is 2.51. The highest BCUT2D eigenvalue weighted by atomic mass is 35.5. The third-order valence-electron chi connectivity index (χ3n) is 3.58. The van der Waals surface area contributed by atoms with Crippen LogP contribution in [0.2, 0.25) is 5.02 Å². The smallest absolute Gasteiger partial charge is 0.264 e. The molecule has 0 saturated heterocycles. The number of halogens is 1. The predicted octanol–water partition coefficient (Wildman–Crippen LogP) is 2.88. The predicted molar refractivity (Wildman–Crippen MR) is 89.1 cm³/mol. The maximum absolute atomic E-state index is 12.1. The number of ether oxygens (including phenoxy) is 1. The monoisotopic (exact) mass is 330 g/mol. The van der Waals surface area contributed by atoms with Gasteiger partial charge in [-0.15, -0.1) is 0 Å². The Labute approximate surface area is 138 Å². The van der Waals surface area contributed by atoms with Crippen molar-refractivity contribution in [1.29, 1.82) is 0 Å². The molecule has 0 aromatic heterocycles. The van der Waals surface area contributed by atoms with Crippen molar-refractivity contribution in [3.63, 3.8) is 0 Å². The lowest BCUT2D eigenvalue weighted by Crippen LogP contribution is -2.35. The summed E-state index contributed by atoms with van der Waals surface area (Å²) in [5.74, 6) is 0.345. The molecule has 3 rings (SSSR count). The maximum Gasteiger partial charge on any atom is 0.264 e. The summed E-state index contributed by atoms with van der Waals surface area (Å²) >= 11 is 5.91. The Morgan fingerprint density at radius 1 is 1.30 bits per heavy atom. The van der Waals surface area contributed by atoms with Crippen LogP contribution >= 0.6 is 11.6 Å². The topological polar surface area (TPSA) is 58.6 Å². The molecule has 1 heterocycles. The Kier molecular flexibility index (Phi) is 4.21. The van der Waals surface area contributed by atoms with E-state index in [1.54, 1.807) is 37.4 Å². The van der Waals surface area contributed by atoms with Crippen LogP contribution in [0.1, 0.15) is 5.56 Å².